The molecule has 2 amide bonds. The van der Waals surface area contributed by atoms with Crippen molar-refractivity contribution >= 4 is 23.6 Å². The third-order valence-electron chi connectivity index (χ3n) is 3.29. The second-order valence-electron chi connectivity index (χ2n) is 5.04. The number of benzene rings is 1. The molecule has 0 saturated heterocycles. The predicted octanol–water partition coefficient (Wildman–Crippen LogP) is 2.65. The van der Waals surface area contributed by atoms with Gasteiger partial charge in [0.15, 0.2) is 0 Å². The van der Waals surface area contributed by atoms with Crippen LogP contribution in [0.25, 0.3) is 0 Å². The van der Waals surface area contributed by atoms with E-state index in [2.05, 4.69) is 10.6 Å². The zero-order chi connectivity index (χ0) is 16.5. The Morgan fingerprint density at radius 2 is 2.05 bits per heavy atom. The molecule has 0 aliphatic rings. The third-order valence-corrected chi connectivity index (χ3v) is 3.93. The molecule has 0 heterocycles. The first-order valence-corrected chi connectivity index (χ1v) is 8.71. The van der Waals surface area contributed by atoms with Gasteiger partial charge in [-0.2, -0.15) is 11.8 Å². The average molecular weight is 326 g/mol. The fourth-order valence-corrected chi connectivity index (χ4v) is 2.45. The van der Waals surface area contributed by atoms with Gasteiger partial charge in [-0.05, 0) is 43.0 Å². The molecule has 1 aromatic carbocycles. The molecule has 2 N–H and O–H groups in total. The lowest BCUT2D eigenvalue weighted by atomic mass is 10.1. The highest BCUT2D eigenvalue weighted by molar-refractivity contribution is 7.98. The van der Waals surface area contributed by atoms with E-state index in [1.165, 1.54) is 12.1 Å². The van der Waals surface area contributed by atoms with Gasteiger partial charge in [-0.15, -0.1) is 0 Å². The Labute approximate surface area is 135 Å². The van der Waals surface area contributed by atoms with Crippen LogP contribution in [0.5, 0.6) is 0 Å². The van der Waals surface area contributed by atoms with Crippen molar-refractivity contribution in [3.05, 3.63) is 35.6 Å². The highest BCUT2D eigenvalue weighted by Gasteiger charge is 2.21. The van der Waals surface area contributed by atoms with E-state index in [4.69, 9.17) is 0 Å². The second kappa shape index (κ2) is 9.46. The van der Waals surface area contributed by atoms with Gasteiger partial charge >= 0.3 is 0 Å². The molecule has 0 spiro atoms. The Hall–Kier alpha value is -1.56. The van der Waals surface area contributed by atoms with E-state index in [-0.39, 0.29) is 23.7 Å². The minimum absolute atomic E-state index is 0.153. The summed E-state index contributed by atoms with van der Waals surface area (Å²) in [6.45, 7) is 3.54. The summed E-state index contributed by atoms with van der Waals surface area (Å²) in [6, 6.07) is 5.25. The number of amides is 2. The summed E-state index contributed by atoms with van der Waals surface area (Å²) in [7, 11) is 0. The van der Waals surface area contributed by atoms with Crippen LogP contribution in [0.15, 0.2) is 24.3 Å². The van der Waals surface area contributed by atoms with E-state index >= 15 is 0 Å². The van der Waals surface area contributed by atoms with E-state index in [1.807, 2.05) is 6.26 Å². The van der Waals surface area contributed by atoms with E-state index in [0.717, 1.165) is 5.75 Å². The lowest BCUT2D eigenvalue weighted by Gasteiger charge is -2.21. The molecule has 0 aromatic heterocycles. The highest BCUT2D eigenvalue weighted by atomic mass is 32.2. The largest absolute Gasteiger partial charge is 0.348 e. The molecule has 0 unspecified atom stereocenters. The molecule has 0 bridgehead atoms. The molecular formula is C16H23FN2O2S. The van der Waals surface area contributed by atoms with Crippen LogP contribution in [-0.4, -0.2) is 29.9 Å². The van der Waals surface area contributed by atoms with E-state index in [0.29, 0.717) is 18.4 Å². The number of nitrogens with one attached hydrogen (secondary N) is 2. The number of halogens is 1. The highest BCUT2D eigenvalue weighted by Crippen LogP contribution is 2.14. The molecule has 0 aliphatic heterocycles. The van der Waals surface area contributed by atoms with E-state index < -0.39 is 6.04 Å². The first kappa shape index (κ1) is 18.5. The Morgan fingerprint density at radius 3 is 2.64 bits per heavy atom. The predicted molar refractivity (Wildman–Crippen MR) is 88.2 cm³/mol. The summed E-state index contributed by atoms with van der Waals surface area (Å²) < 4.78 is 13.2. The summed E-state index contributed by atoms with van der Waals surface area (Å²) in [4.78, 5) is 23.9. The number of carbonyl (C=O) groups is 2. The van der Waals surface area contributed by atoms with Gasteiger partial charge in [-0.3, -0.25) is 9.59 Å². The maximum Gasteiger partial charge on any atom is 0.243 e. The average Bonchev–Trinajstić information content (AvgIpc) is 2.50. The number of rotatable bonds is 8. The lowest BCUT2D eigenvalue weighted by molar-refractivity contribution is -0.129. The molecule has 4 nitrogen and oxygen atoms in total. The fourth-order valence-electron chi connectivity index (χ4n) is 1.97. The van der Waals surface area contributed by atoms with Crippen LogP contribution in [0.3, 0.4) is 0 Å². The quantitative estimate of drug-likeness (QED) is 0.772. The van der Waals surface area contributed by atoms with Crippen LogP contribution >= 0.6 is 11.8 Å². The van der Waals surface area contributed by atoms with Crippen LogP contribution in [0, 0.1) is 5.82 Å². The molecule has 22 heavy (non-hydrogen) atoms. The van der Waals surface area contributed by atoms with Crippen LogP contribution in [0.4, 0.5) is 4.39 Å². The summed E-state index contributed by atoms with van der Waals surface area (Å²) in [5.41, 5.74) is 0.693. The zero-order valence-electron chi connectivity index (χ0n) is 13.2. The Bertz CT molecular complexity index is 511. The van der Waals surface area contributed by atoms with Crippen molar-refractivity contribution in [1.82, 2.24) is 10.6 Å². The van der Waals surface area contributed by atoms with Gasteiger partial charge in [-0.25, -0.2) is 4.39 Å². The summed E-state index contributed by atoms with van der Waals surface area (Å²) in [5.74, 6) is 0.0419. The van der Waals surface area contributed by atoms with Gasteiger partial charge in [0.25, 0.3) is 0 Å². The third kappa shape index (κ3) is 6.05. The standard InChI is InChI=1S/C16H23FN2O2S/c1-4-15(20)19-14(8-9-22-3)16(21)18-11(2)12-6-5-7-13(17)10-12/h5-7,10-11,14H,4,8-9H2,1-3H3,(H,18,21)(H,19,20)/t11-,14+/m0/s1. The van der Waals surface area contributed by atoms with Gasteiger partial charge in [0.05, 0.1) is 6.04 Å². The summed E-state index contributed by atoms with van der Waals surface area (Å²) >= 11 is 1.62. The maximum atomic E-state index is 13.2. The molecule has 1 rings (SSSR count). The summed E-state index contributed by atoms with van der Waals surface area (Å²) in [6.07, 6.45) is 2.85. The van der Waals surface area contributed by atoms with E-state index in [1.54, 1.807) is 37.7 Å². The molecule has 6 heteroatoms. The molecule has 122 valence electrons. The SMILES string of the molecule is CCC(=O)N[C@H](CCSC)C(=O)N[C@@H](C)c1cccc(F)c1. The molecule has 0 fully saturated rings. The monoisotopic (exact) mass is 326 g/mol. The molecule has 2 atom stereocenters. The van der Waals surface area contributed by atoms with Crippen LogP contribution in [0.1, 0.15) is 38.3 Å². The van der Waals surface area contributed by atoms with Crippen molar-refractivity contribution in [3.63, 3.8) is 0 Å². The van der Waals surface area contributed by atoms with Crippen molar-refractivity contribution < 1.29 is 14.0 Å². The number of thioether (sulfide) groups is 1. The first-order chi connectivity index (χ1) is 10.5. The number of hydrogen-bond donors (Lipinski definition) is 2. The molecule has 0 saturated carbocycles. The van der Waals surface area contributed by atoms with Gasteiger partial charge in [0.1, 0.15) is 11.9 Å². The molecule has 1 aromatic rings. The first-order valence-electron chi connectivity index (χ1n) is 7.32. The van der Waals surface area contributed by atoms with Crippen molar-refractivity contribution in [2.75, 3.05) is 12.0 Å². The van der Waals surface area contributed by atoms with Crippen LogP contribution in [0.2, 0.25) is 0 Å². The molecule has 0 radical (unpaired) electrons. The number of carbonyl (C=O) groups excluding carboxylic acids is 2. The summed E-state index contributed by atoms with van der Waals surface area (Å²) in [5, 5.41) is 5.56. The van der Waals surface area contributed by atoms with Gasteiger partial charge in [-0.1, -0.05) is 19.1 Å². The van der Waals surface area contributed by atoms with Crippen LogP contribution in [-0.2, 0) is 9.59 Å². The maximum absolute atomic E-state index is 13.2. The second-order valence-corrected chi connectivity index (χ2v) is 6.03. The lowest BCUT2D eigenvalue weighted by Crippen LogP contribution is -2.47. The van der Waals surface area contributed by atoms with Crippen molar-refractivity contribution in [2.45, 2.75) is 38.8 Å². The molecular weight excluding hydrogens is 303 g/mol. The van der Waals surface area contributed by atoms with Crippen molar-refractivity contribution in [1.29, 1.82) is 0 Å². The normalized spacial score (nSPS) is 13.3. The smallest absolute Gasteiger partial charge is 0.243 e. The van der Waals surface area contributed by atoms with Crippen molar-refractivity contribution in [3.8, 4) is 0 Å². The minimum atomic E-state index is -0.559. The zero-order valence-corrected chi connectivity index (χ0v) is 14.0. The Kier molecular flexibility index (Phi) is 7.95. The Balaban J connectivity index is 2.70. The number of hydrogen-bond acceptors (Lipinski definition) is 3. The Morgan fingerprint density at radius 1 is 1.32 bits per heavy atom. The fraction of sp³-hybridized carbons (Fsp3) is 0.500. The van der Waals surface area contributed by atoms with E-state index in [9.17, 15) is 14.0 Å². The van der Waals surface area contributed by atoms with Crippen LogP contribution < -0.4 is 10.6 Å². The topological polar surface area (TPSA) is 58.2 Å². The van der Waals surface area contributed by atoms with Gasteiger partial charge in [0, 0.05) is 6.42 Å². The minimum Gasteiger partial charge on any atom is -0.348 e. The van der Waals surface area contributed by atoms with Crippen molar-refractivity contribution in [2.24, 2.45) is 0 Å². The van der Waals surface area contributed by atoms with Gasteiger partial charge < -0.3 is 10.6 Å². The van der Waals surface area contributed by atoms with Gasteiger partial charge in [0.2, 0.25) is 11.8 Å². The molecule has 0 aliphatic carbocycles.